The van der Waals surface area contributed by atoms with Gasteiger partial charge in [0.25, 0.3) is 5.91 Å². The number of fused-ring (bicyclic) bond motifs is 2. The van der Waals surface area contributed by atoms with E-state index in [1.165, 1.54) is 17.7 Å². The molecule has 4 rings (SSSR count). The Morgan fingerprint density at radius 1 is 1.20 bits per heavy atom. The highest BCUT2D eigenvalue weighted by Gasteiger charge is 2.31. The Kier molecular flexibility index (Phi) is 4.98. The molecule has 3 aromatic rings. The standard InChI is InChI=1S/C19H13F3N2O5S/c1-27-16(25)8-24-12-6-13-14(29-9-28-13)7-15(12)30-18(24)23-17(26)10-3-2-4-11(5-10)19(20,21)22/h2-7H,8-9H2,1H3. The van der Waals surface area contributed by atoms with Gasteiger partial charge in [0.1, 0.15) is 6.54 Å². The molecule has 2 aromatic carbocycles. The molecule has 0 unspecified atom stereocenters. The van der Waals surface area contributed by atoms with E-state index in [-0.39, 0.29) is 23.7 Å². The summed E-state index contributed by atoms with van der Waals surface area (Å²) >= 11 is 1.09. The molecule has 30 heavy (non-hydrogen) atoms. The summed E-state index contributed by atoms with van der Waals surface area (Å²) in [6, 6.07) is 7.32. The number of amides is 1. The maximum absolute atomic E-state index is 12.9. The van der Waals surface area contributed by atoms with Crippen LogP contribution < -0.4 is 14.3 Å². The number of thiazole rings is 1. The average molecular weight is 438 g/mol. The summed E-state index contributed by atoms with van der Waals surface area (Å²) in [6.45, 7) is -0.181. The molecule has 1 amide bonds. The minimum absolute atomic E-state index is 0.0644. The van der Waals surface area contributed by atoms with E-state index >= 15 is 0 Å². The number of aromatic nitrogens is 1. The minimum Gasteiger partial charge on any atom is -0.468 e. The van der Waals surface area contributed by atoms with Crippen LogP contribution in [-0.2, 0) is 22.3 Å². The molecule has 0 saturated carbocycles. The van der Waals surface area contributed by atoms with Crippen molar-refractivity contribution in [2.45, 2.75) is 12.7 Å². The summed E-state index contributed by atoms with van der Waals surface area (Å²) in [7, 11) is 1.22. The van der Waals surface area contributed by atoms with E-state index in [1.807, 2.05) is 0 Å². The van der Waals surface area contributed by atoms with Gasteiger partial charge >= 0.3 is 12.1 Å². The topological polar surface area (TPSA) is 79.1 Å². The van der Waals surface area contributed by atoms with Gasteiger partial charge in [0.15, 0.2) is 16.3 Å². The number of hydrogen-bond donors (Lipinski definition) is 0. The Hall–Kier alpha value is -3.34. The highest BCUT2D eigenvalue weighted by molar-refractivity contribution is 7.16. The fraction of sp³-hybridized carbons (Fsp3) is 0.211. The molecule has 1 aliphatic heterocycles. The molecule has 0 atom stereocenters. The van der Waals surface area contributed by atoms with Crippen molar-refractivity contribution in [2.75, 3.05) is 13.9 Å². The molecule has 11 heteroatoms. The van der Waals surface area contributed by atoms with Crippen molar-refractivity contribution in [3.05, 3.63) is 52.3 Å². The molecule has 1 aliphatic rings. The van der Waals surface area contributed by atoms with Gasteiger partial charge in [-0.05, 0) is 18.2 Å². The molecular weight excluding hydrogens is 425 g/mol. The van der Waals surface area contributed by atoms with Crippen LogP contribution in [0, 0.1) is 0 Å². The summed E-state index contributed by atoms with van der Waals surface area (Å²) in [5.74, 6) is -0.481. The van der Waals surface area contributed by atoms with E-state index in [4.69, 9.17) is 14.2 Å². The van der Waals surface area contributed by atoms with Gasteiger partial charge in [-0.1, -0.05) is 17.4 Å². The second kappa shape index (κ2) is 7.48. The number of rotatable bonds is 3. The van der Waals surface area contributed by atoms with Gasteiger partial charge < -0.3 is 18.8 Å². The van der Waals surface area contributed by atoms with Gasteiger partial charge in [-0.15, -0.1) is 0 Å². The van der Waals surface area contributed by atoms with Gasteiger partial charge in [0.2, 0.25) is 6.79 Å². The van der Waals surface area contributed by atoms with Crippen molar-refractivity contribution in [3.8, 4) is 11.5 Å². The molecule has 156 valence electrons. The van der Waals surface area contributed by atoms with Crippen molar-refractivity contribution >= 4 is 33.4 Å². The molecule has 0 saturated heterocycles. The Labute approximate surface area is 170 Å². The number of carbonyl (C=O) groups excluding carboxylic acids is 2. The molecule has 2 heterocycles. The number of carbonyl (C=O) groups is 2. The van der Waals surface area contributed by atoms with Crippen LogP contribution in [0.2, 0.25) is 0 Å². The number of halogens is 3. The maximum Gasteiger partial charge on any atom is 0.416 e. The lowest BCUT2D eigenvalue weighted by Crippen LogP contribution is -2.22. The molecule has 0 radical (unpaired) electrons. The third-order valence-electron chi connectivity index (χ3n) is 4.33. The first-order chi connectivity index (χ1) is 14.3. The van der Waals surface area contributed by atoms with Crippen molar-refractivity contribution in [1.29, 1.82) is 0 Å². The lowest BCUT2D eigenvalue weighted by Gasteiger charge is -2.07. The van der Waals surface area contributed by atoms with Crippen molar-refractivity contribution < 1.29 is 37.0 Å². The van der Waals surface area contributed by atoms with Crippen LogP contribution in [0.1, 0.15) is 15.9 Å². The molecule has 0 spiro atoms. The summed E-state index contributed by atoms with van der Waals surface area (Å²) in [5, 5.41) is 0. The van der Waals surface area contributed by atoms with E-state index in [0.29, 0.717) is 21.7 Å². The van der Waals surface area contributed by atoms with E-state index in [1.54, 1.807) is 12.1 Å². The predicted octanol–water partition coefficient (Wildman–Crippen LogP) is 3.36. The predicted molar refractivity (Wildman–Crippen MR) is 99.3 cm³/mol. The summed E-state index contributed by atoms with van der Waals surface area (Å²) in [4.78, 5) is 28.5. The average Bonchev–Trinajstić information content (AvgIpc) is 3.29. The first-order valence-electron chi connectivity index (χ1n) is 8.52. The normalized spacial score (nSPS) is 13.7. The highest BCUT2D eigenvalue weighted by atomic mass is 32.1. The number of hydrogen-bond acceptors (Lipinski definition) is 6. The summed E-state index contributed by atoms with van der Waals surface area (Å²) in [6.07, 6.45) is -4.58. The van der Waals surface area contributed by atoms with E-state index in [9.17, 15) is 22.8 Å². The number of esters is 1. The first kappa shape index (κ1) is 20.0. The van der Waals surface area contributed by atoms with Gasteiger partial charge in [0, 0.05) is 17.7 Å². The molecule has 0 N–H and O–H groups in total. The Morgan fingerprint density at radius 3 is 2.63 bits per heavy atom. The van der Waals surface area contributed by atoms with Crippen LogP contribution in [-0.4, -0.2) is 30.3 Å². The SMILES string of the molecule is COC(=O)Cn1c(=NC(=O)c2cccc(C(F)(F)F)c2)sc2cc3c(cc21)OCO3. The fourth-order valence-corrected chi connectivity index (χ4v) is 3.91. The quantitative estimate of drug-likeness (QED) is 0.586. The zero-order valence-electron chi connectivity index (χ0n) is 15.4. The van der Waals surface area contributed by atoms with Crippen LogP contribution in [0.4, 0.5) is 13.2 Å². The molecule has 0 aliphatic carbocycles. The monoisotopic (exact) mass is 438 g/mol. The fourth-order valence-electron chi connectivity index (χ4n) is 2.87. The first-order valence-corrected chi connectivity index (χ1v) is 9.34. The van der Waals surface area contributed by atoms with Crippen LogP contribution in [0.5, 0.6) is 11.5 Å². The largest absolute Gasteiger partial charge is 0.468 e. The third-order valence-corrected chi connectivity index (χ3v) is 5.37. The van der Waals surface area contributed by atoms with E-state index in [2.05, 4.69) is 4.99 Å². The Balaban J connectivity index is 1.83. The lowest BCUT2D eigenvalue weighted by molar-refractivity contribution is -0.141. The van der Waals surface area contributed by atoms with Gasteiger partial charge in [0.05, 0.1) is 22.9 Å². The summed E-state index contributed by atoms with van der Waals surface area (Å²) < 4.78 is 56.3. The van der Waals surface area contributed by atoms with Crippen LogP contribution in [0.25, 0.3) is 10.2 Å². The van der Waals surface area contributed by atoms with Gasteiger partial charge in [-0.25, -0.2) is 0 Å². The zero-order valence-corrected chi connectivity index (χ0v) is 16.2. The van der Waals surface area contributed by atoms with Crippen molar-refractivity contribution in [3.63, 3.8) is 0 Å². The number of nitrogens with zero attached hydrogens (tertiary/aromatic N) is 2. The van der Waals surface area contributed by atoms with Crippen LogP contribution >= 0.6 is 11.3 Å². The van der Waals surface area contributed by atoms with E-state index in [0.717, 1.165) is 29.5 Å². The van der Waals surface area contributed by atoms with E-state index < -0.39 is 23.6 Å². The molecule has 7 nitrogen and oxygen atoms in total. The Bertz CT molecular complexity index is 1230. The molecule has 0 bridgehead atoms. The number of alkyl halides is 3. The number of ether oxygens (including phenoxy) is 3. The zero-order chi connectivity index (χ0) is 21.5. The van der Waals surface area contributed by atoms with Crippen molar-refractivity contribution in [2.24, 2.45) is 4.99 Å². The number of benzene rings is 2. The van der Waals surface area contributed by atoms with Crippen LogP contribution in [0.15, 0.2) is 41.4 Å². The second-order valence-electron chi connectivity index (χ2n) is 6.22. The van der Waals surface area contributed by atoms with Gasteiger partial charge in [-0.2, -0.15) is 18.2 Å². The third kappa shape index (κ3) is 3.75. The second-order valence-corrected chi connectivity index (χ2v) is 7.22. The smallest absolute Gasteiger partial charge is 0.416 e. The van der Waals surface area contributed by atoms with Crippen molar-refractivity contribution in [1.82, 2.24) is 4.57 Å². The lowest BCUT2D eigenvalue weighted by atomic mass is 10.1. The molecule has 0 fully saturated rings. The summed E-state index contributed by atoms with van der Waals surface area (Å²) in [5.41, 5.74) is -0.626. The maximum atomic E-state index is 12.9. The highest BCUT2D eigenvalue weighted by Crippen LogP contribution is 2.37. The number of methoxy groups -OCH3 is 1. The van der Waals surface area contributed by atoms with Crippen LogP contribution in [0.3, 0.4) is 0 Å². The van der Waals surface area contributed by atoms with Gasteiger partial charge in [-0.3, -0.25) is 9.59 Å². The molecule has 1 aromatic heterocycles. The Morgan fingerprint density at radius 2 is 1.93 bits per heavy atom. The molecular formula is C19H13F3N2O5S. The minimum atomic E-state index is -4.58.